The Kier molecular flexibility index (Phi) is 5.83. The molecule has 0 spiro atoms. The molecular formula is C31H24N4O2. The molecule has 6 rings (SSSR count). The SMILES string of the molecule is O=C(Nc1ccc(C(=O)N2CCc3[nH]cnc3-c3ccccc32)cc1)c1ccccc1-c1ccccc1. The van der Waals surface area contributed by atoms with Gasteiger partial charge in [0.1, 0.15) is 0 Å². The van der Waals surface area contributed by atoms with Gasteiger partial charge in [0.15, 0.2) is 0 Å². The van der Waals surface area contributed by atoms with Gasteiger partial charge < -0.3 is 15.2 Å². The molecule has 0 bridgehead atoms. The van der Waals surface area contributed by atoms with E-state index in [2.05, 4.69) is 15.3 Å². The number of hydrogen-bond donors (Lipinski definition) is 2. The maximum Gasteiger partial charge on any atom is 0.258 e. The molecule has 6 heteroatoms. The van der Waals surface area contributed by atoms with E-state index in [1.54, 1.807) is 35.5 Å². The Labute approximate surface area is 214 Å². The summed E-state index contributed by atoms with van der Waals surface area (Å²) in [5.74, 6) is -0.293. The van der Waals surface area contributed by atoms with E-state index >= 15 is 0 Å². The van der Waals surface area contributed by atoms with Crippen LogP contribution < -0.4 is 10.2 Å². The van der Waals surface area contributed by atoms with E-state index < -0.39 is 0 Å². The van der Waals surface area contributed by atoms with Crippen molar-refractivity contribution in [3.05, 3.63) is 126 Å². The van der Waals surface area contributed by atoms with Crippen molar-refractivity contribution in [1.82, 2.24) is 9.97 Å². The number of benzene rings is 4. The summed E-state index contributed by atoms with van der Waals surface area (Å²) >= 11 is 0. The van der Waals surface area contributed by atoms with Crippen molar-refractivity contribution in [2.75, 3.05) is 16.8 Å². The first-order valence-corrected chi connectivity index (χ1v) is 12.2. The molecular weight excluding hydrogens is 460 g/mol. The lowest BCUT2D eigenvalue weighted by molar-refractivity contribution is 0.0986. The Balaban J connectivity index is 1.23. The zero-order valence-corrected chi connectivity index (χ0v) is 20.0. The lowest BCUT2D eigenvalue weighted by Gasteiger charge is -2.23. The number of aromatic amines is 1. The highest BCUT2D eigenvalue weighted by Crippen LogP contribution is 2.35. The molecule has 0 atom stereocenters. The third-order valence-electron chi connectivity index (χ3n) is 6.65. The second-order valence-electron chi connectivity index (χ2n) is 8.90. The summed E-state index contributed by atoms with van der Waals surface area (Å²) in [6.07, 6.45) is 2.38. The fourth-order valence-corrected chi connectivity index (χ4v) is 4.81. The fourth-order valence-electron chi connectivity index (χ4n) is 4.81. The van der Waals surface area contributed by atoms with E-state index in [9.17, 15) is 9.59 Å². The van der Waals surface area contributed by atoms with Gasteiger partial charge in [0.2, 0.25) is 0 Å². The molecule has 2 N–H and O–H groups in total. The van der Waals surface area contributed by atoms with Crippen LogP contribution >= 0.6 is 0 Å². The Morgan fingerprint density at radius 2 is 1.49 bits per heavy atom. The van der Waals surface area contributed by atoms with Crippen LogP contribution in [0.3, 0.4) is 0 Å². The molecule has 0 saturated heterocycles. The zero-order chi connectivity index (χ0) is 25.2. The van der Waals surface area contributed by atoms with Crippen molar-refractivity contribution >= 4 is 23.2 Å². The number of carbonyl (C=O) groups excluding carboxylic acids is 2. The minimum absolute atomic E-state index is 0.0927. The third-order valence-corrected chi connectivity index (χ3v) is 6.65. The molecule has 0 aliphatic carbocycles. The molecule has 2 amide bonds. The summed E-state index contributed by atoms with van der Waals surface area (Å²) in [7, 11) is 0. The molecule has 0 radical (unpaired) electrons. The van der Waals surface area contributed by atoms with Gasteiger partial charge in [0.05, 0.1) is 17.7 Å². The van der Waals surface area contributed by atoms with Crippen LogP contribution in [-0.2, 0) is 6.42 Å². The van der Waals surface area contributed by atoms with Gasteiger partial charge >= 0.3 is 0 Å². The number of nitrogens with zero attached hydrogens (tertiary/aromatic N) is 2. The Bertz CT molecular complexity index is 1590. The lowest BCUT2D eigenvalue weighted by atomic mass is 9.99. The quantitative estimate of drug-likeness (QED) is 0.319. The van der Waals surface area contributed by atoms with Crippen molar-refractivity contribution in [3.63, 3.8) is 0 Å². The predicted molar refractivity (Wildman–Crippen MR) is 146 cm³/mol. The summed E-state index contributed by atoms with van der Waals surface area (Å²) in [6.45, 7) is 0.541. The highest BCUT2D eigenvalue weighted by atomic mass is 16.2. The number of anilines is 2. The number of nitrogens with one attached hydrogen (secondary N) is 2. The molecule has 0 saturated carbocycles. The van der Waals surface area contributed by atoms with Gasteiger partial charge in [0.25, 0.3) is 11.8 Å². The third kappa shape index (κ3) is 4.29. The number of imidazole rings is 1. The number of rotatable bonds is 4. The molecule has 2 heterocycles. The fraction of sp³-hybridized carbons (Fsp3) is 0.0645. The van der Waals surface area contributed by atoms with Gasteiger partial charge in [0, 0.05) is 41.0 Å². The molecule has 1 aliphatic heterocycles. The predicted octanol–water partition coefficient (Wildman–Crippen LogP) is 6.20. The molecule has 180 valence electrons. The van der Waals surface area contributed by atoms with Gasteiger partial charge in [-0.1, -0.05) is 66.7 Å². The van der Waals surface area contributed by atoms with Gasteiger partial charge in [-0.2, -0.15) is 0 Å². The summed E-state index contributed by atoms with van der Waals surface area (Å²) in [5.41, 5.74) is 7.30. The van der Waals surface area contributed by atoms with Crippen LogP contribution in [0.5, 0.6) is 0 Å². The summed E-state index contributed by atoms with van der Waals surface area (Å²) in [6, 6.07) is 32.3. The van der Waals surface area contributed by atoms with Crippen LogP contribution in [-0.4, -0.2) is 28.3 Å². The molecule has 5 aromatic rings. The number of para-hydroxylation sites is 1. The Morgan fingerprint density at radius 1 is 0.784 bits per heavy atom. The van der Waals surface area contributed by atoms with Crippen LogP contribution in [0.15, 0.2) is 109 Å². The highest BCUT2D eigenvalue weighted by Gasteiger charge is 2.26. The van der Waals surface area contributed by atoms with Crippen molar-refractivity contribution in [1.29, 1.82) is 0 Å². The first-order chi connectivity index (χ1) is 18.2. The number of amides is 2. The average molecular weight is 485 g/mol. The maximum absolute atomic E-state index is 13.6. The molecule has 1 aliphatic rings. The average Bonchev–Trinajstić information content (AvgIpc) is 3.36. The van der Waals surface area contributed by atoms with Gasteiger partial charge in [-0.05, 0) is 47.5 Å². The van der Waals surface area contributed by atoms with Crippen molar-refractivity contribution in [2.24, 2.45) is 0 Å². The number of fused-ring (bicyclic) bond motifs is 3. The maximum atomic E-state index is 13.6. The standard InChI is InChI=1S/C31H24N4O2/c36-30(25-11-5-4-10-24(25)21-8-2-1-3-9-21)34-23-16-14-22(15-17-23)31(37)35-19-18-27-29(33-20-32-27)26-12-6-7-13-28(26)35/h1-17,20H,18-19H2,(H,32,33)(H,34,36). The minimum Gasteiger partial charge on any atom is -0.348 e. The van der Waals surface area contributed by atoms with E-state index in [4.69, 9.17) is 0 Å². The van der Waals surface area contributed by atoms with Crippen LogP contribution in [0.25, 0.3) is 22.4 Å². The van der Waals surface area contributed by atoms with Crippen molar-refractivity contribution in [3.8, 4) is 22.4 Å². The second-order valence-corrected chi connectivity index (χ2v) is 8.90. The number of H-pyrrole nitrogens is 1. The van der Waals surface area contributed by atoms with E-state index in [0.717, 1.165) is 33.8 Å². The van der Waals surface area contributed by atoms with E-state index in [1.165, 1.54) is 0 Å². The summed E-state index contributed by atoms with van der Waals surface area (Å²) in [4.78, 5) is 36.2. The van der Waals surface area contributed by atoms with Crippen molar-refractivity contribution in [2.45, 2.75) is 6.42 Å². The monoisotopic (exact) mass is 484 g/mol. The van der Waals surface area contributed by atoms with Crippen LogP contribution in [0.1, 0.15) is 26.4 Å². The number of hydrogen-bond acceptors (Lipinski definition) is 3. The molecule has 0 fully saturated rings. The lowest BCUT2D eigenvalue weighted by Crippen LogP contribution is -2.32. The van der Waals surface area contributed by atoms with Crippen molar-refractivity contribution < 1.29 is 9.59 Å². The summed E-state index contributed by atoms with van der Waals surface area (Å²) < 4.78 is 0. The van der Waals surface area contributed by atoms with Crippen LogP contribution in [0.4, 0.5) is 11.4 Å². The summed E-state index contributed by atoms with van der Waals surface area (Å²) in [5, 5.41) is 2.97. The van der Waals surface area contributed by atoms with Crippen LogP contribution in [0.2, 0.25) is 0 Å². The van der Waals surface area contributed by atoms with Gasteiger partial charge in [-0.15, -0.1) is 0 Å². The second kappa shape index (κ2) is 9.59. The van der Waals surface area contributed by atoms with E-state index in [1.807, 2.05) is 78.9 Å². The highest BCUT2D eigenvalue weighted by molar-refractivity contribution is 6.10. The molecule has 1 aromatic heterocycles. The Hall–Kier alpha value is -4.97. The van der Waals surface area contributed by atoms with Crippen LogP contribution in [0, 0.1) is 0 Å². The molecule has 0 unspecified atom stereocenters. The first kappa shape index (κ1) is 22.5. The minimum atomic E-state index is -0.200. The van der Waals surface area contributed by atoms with Gasteiger partial charge in [-0.3, -0.25) is 9.59 Å². The molecule has 4 aromatic carbocycles. The molecule has 6 nitrogen and oxygen atoms in total. The topological polar surface area (TPSA) is 78.1 Å². The van der Waals surface area contributed by atoms with Gasteiger partial charge in [-0.25, -0.2) is 4.98 Å². The molecule has 37 heavy (non-hydrogen) atoms. The first-order valence-electron chi connectivity index (χ1n) is 12.2. The Morgan fingerprint density at radius 3 is 2.30 bits per heavy atom. The zero-order valence-electron chi connectivity index (χ0n) is 20.0. The van der Waals surface area contributed by atoms with E-state index in [0.29, 0.717) is 29.8 Å². The normalized spacial score (nSPS) is 12.3. The van der Waals surface area contributed by atoms with E-state index in [-0.39, 0.29) is 11.8 Å². The largest absolute Gasteiger partial charge is 0.348 e. The number of carbonyl (C=O) groups is 2. The number of aromatic nitrogens is 2. The smallest absolute Gasteiger partial charge is 0.258 e.